The summed E-state index contributed by atoms with van der Waals surface area (Å²) in [6.45, 7) is 7.23. The van der Waals surface area contributed by atoms with Crippen LogP contribution in [-0.4, -0.2) is 35.1 Å². The number of carbonyl (C=O) groups is 2. The van der Waals surface area contributed by atoms with Gasteiger partial charge in [0.1, 0.15) is 6.10 Å². The molecule has 21 heavy (non-hydrogen) atoms. The maximum absolute atomic E-state index is 12.2. The topological polar surface area (TPSA) is 86.4 Å². The Balaban J connectivity index is 1.93. The largest absolute Gasteiger partial charge is 0.367 e. The summed E-state index contributed by atoms with van der Waals surface area (Å²) in [5.41, 5.74) is 7.94. The highest BCUT2D eigenvalue weighted by Crippen LogP contribution is 2.19. The summed E-state index contributed by atoms with van der Waals surface area (Å²) in [6.07, 6.45) is 0.709. The Bertz CT molecular complexity index is 551. The third-order valence-electron chi connectivity index (χ3n) is 4.05. The van der Waals surface area contributed by atoms with Crippen LogP contribution in [0.2, 0.25) is 0 Å². The molecule has 2 heterocycles. The molecular weight excluding hydrogens is 270 g/mol. The van der Waals surface area contributed by atoms with Gasteiger partial charge in [0.25, 0.3) is 5.91 Å². The van der Waals surface area contributed by atoms with E-state index in [1.807, 2.05) is 19.9 Å². The van der Waals surface area contributed by atoms with Gasteiger partial charge in [-0.1, -0.05) is 0 Å². The van der Waals surface area contributed by atoms with Crippen molar-refractivity contribution in [2.75, 3.05) is 6.54 Å². The second kappa shape index (κ2) is 6.30. The zero-order valence-corrected chi connectivity index (χ0v) is 12.8. The molecule has 116 valence electrons. The van der Waals surface area contributed by atoms with Crippen LogP contribution in [0.1, 0.15) is 41.5 Å². The molecule has 0 radical (unpaired) electrons. The molecule has 6 nitrogen and oxygen atoms in total. The van der Waals surface area contributed by atoms with Crippen LogP contribution in [0.25, 0.3) is 0 Å². The Morgan fingerprint density at radius 3 is 2.67 bits per heavy atom. The molecule has 2 rings (SSSR count). The number of aromatic nitrogens is 1. The Labute approximate surface area is 124 Å². The van der Waals surface area contributed by atoms with Crippen molar-refractivity contribution >= 4 is 11.8 Å². The number of nitrogens with one attached hydrogen (secondary N) is 1. The molecule has 1 aromatic heterocycles. The summed E-state index contributed by atoms with van der Waals surface area (Å²) >= 11 is 0. The van der Waals surface area contributed by atoms with Gasteiger partial charge >= 0.3 is 0 Å². The molecule has 2 unspecified atom stereocenters. The summed E-state index contributed by atoms with van der Waals surface area (Å²) in [5, 5.41) is 2.88. The van der Waals surface area contributed by atoms with E-state index in [9.17, 15) is 9.59 Å². The fourth-order valence-electron chi connectivity index (χ4n) is 2.88. The van der Waals surface area contributed by atoms with Crippen molar-refractivity contribution < 1.29 is 14.3 Å². The summed E-state index contributed by atoms with van der Waals surface area (Å²) in [5.74, 6) is -0.538. The number of nitrogens with two attached hydrogens (primary N) is 1. The van der Waals surface area contributed by atoms with Gasteiger partial charge in [0.15, 0.2) is 0 Å². The number of amides is 2. The Morgan fingerprint density at radius 2 is 2.14 bits per heavy atom. The minimum Gasteiger partial charge on any atom is -0.367 e. The Kier molecular flexibility index (Phi) is 4.67. The molecule has 2 atom stereocenters. The number of primary amides is 1. The van der Waals surface area contributed by atoms with Crippen LogP contribution in [0.4, 0.5) is 0 Å². The van der Waals surface area contributed by atoms with Gasteiger partial charge in [0.2, 0.25) is 5.91 Å². The van der Waals surface area contributed by atoms with E-state index < -0.39 is 12.0 Å². The van der Waals surface area contributed by atoms with Crippen molar-refractivity contribution in [1.29, 1.82) is 0 Å². The first-order valence-corrected chi connectivity index (χ1v) is 7.33. The number of hydrogen-bond acceptors (Lipinski definition) is 3. The smallest absolute Gasteiger partial charge is 0.253 e. The number of carbonyl (C=O) groups excluding carboxylic acids is 2. The molecule has 1 saturated heterocycles. The zero-order valence-electron chi connectivity index (χ0n) is 12.8. The summed E-state index contributed by atoms with van der Waals surface area (Å²) in [4.78, 5) is 23.3. The van der Waals surface area contributed by atoms with Crippen LogP contribution in [0.5, 0.6) is 0 Å². The van der Waals surface area contributed by atoms with Crippen molar-refractivity contribution in [3.8, 4) is 0 Å². The lowest BCUT2D eigenvalue weighted by atomic mass is 10.2. The minimum absolute atomic E-state index is 0.103. The third-order valence-corrected chi connectivity index (χ3v) is 4.05. The van der Waals surface area contributed by atoms with E-state index in [2.05, 4.69) is 16.8 Å². The Hall–Kier alpha value is -1.82. The van der Waals surface area contributed by atoms with Gasteiger partial charge in [0, 0.05) is 24.5 Å². The van der Waals surface area contributed by atoms with Crippen LogP contribution in [0.15, 0.2) is 6.07 Å². The second-order valence-corrected chi connectivity index (χ2v) is 5.47. The predicted octanol–water partition coefficient (Wildman–Crippen LogP) is 0.888. The fourth-order valence-corrected chi connectivity index (χ4v) is 2.88. The summed E-state index contributed by atoms with van der Waals surface area (Å²) < 4.78 is 7.60. The first kappa shape index (κ1) is 15.6. The van der Waals surface area contributed by atoms with Crippen molar-refractivity contribution in [2.45, 2.75) is 52.4 Å². The van der Waals surface area contributed by atoms with Gasteiger partial charge in [-0.3, -0.25) is 9.59 Å². The standard InChI is InChI=1S/C15H23N3O3/c1-4-18-9(2)7-12(10(18)3)15(20)17-8-11-5-6-13(21-11)14(16)19/h7,11,13H,4-6,8H2,1-3H3,(H2,16,19)(H,17,20). The van der Waals surface area contributed by atoms with E-state index in [0.717, 1.165) is 24.4 Å². The van der Waals surface area contributed by atoms with E-state index >= 15 is 0 Å². The average molecular weight is 293 g/mol. The van der Waals surface area contributed by atoms with Crippen LogP contribution in [-0.2, 0) is 16.1 Å². The van der Waals surface area contributed by atoms with E-state index in [1.165, 1.54) is 0 Å². The summed E-state index contributed by atoms with van der Waals surface area (Å²) in [6, 6.07) is 1.90. The van der Waals surface area contributed by atoms with Crippen LogP contribution < -0.4 is 11.1 Å². The molecule has 6 heteroatoms. The van der Waals surface area contributed by atoms with E-state index in [1.54, 1.807) is 0 Å². The fraction of sp³-hybridized carbons (Fsp3) is 0.600. The van der Waals surface area contributed by atoms with Crippen molar-refractivity contribution in [3.05, 3.63) is 23.0 Å². The molecule has 1 fully saturated rings. The van der Waals surface area contributed by atoms with Gasteiger partial charge in [-0.05, 0) is 39.7 Å². The van der Waals surface area contributed by atoms with Gasteiger partial charge in [-0.25, -0.2) is 0 Å². The molecule has 0 bridgehead atoms. The van der Waals surface area contributed by atoms with Crippen LogP contribution >= 0.6 is 0 Å². The Morgan fingerprint density at radius 1 is 1.43 bits per heavy atom. The molecule has 0 aromatic carbocycles. The van der Waals surface area contributed by atoms with E-state index in [-0.39, 0.29) is 12.0 Å². The highest BCUT2D eigenvalue weighted by molar-refractivity contribution is 5.95. The quantitative estimate of drug-likeness (QED) is 0.845. The van der Waals surface area contributed by atoms with Crippen molar-refractivity contribution in [3.63, 3.8) is 0 Å². The number of aryl methyl sites for hydroxylation is 1. The lowest BCUT2D eigenvalue weighted by Gasteiger charge is -2.13. The molecule has 1 aliphatic heterocycles. The van der Waals surface area contributed by atoms with E-state index in [4.69, 9.17) is 10.5 Å². The number of nitrogens with zero attached hydrogens (tertiary/aromatic N) is 1. The van der Waals surface area contributed by atoms with E-state index in [0.29, 0.717) is 18.5 Å². The van der Waals surface area contributed by atoms with Gasteiger partial charge in [-0.15, -0.1) is 0 Å². The highest BCUT2D eigenvalue weighted by atomic mass is 16.5. The molecule has 3 N–H and O–H groups in total. The number of hydrogen-bond donors (Lipinski definition) is 2. The number of rotatable bonds is 5. The maximum atomic E-state index is 12.2. The molecule has 0 saturated carbocycles. The van der Waals surface area contributed by atoms with Crippen LogP contribution in [0, 0.1) is 13.8 Å². The second-order valence-electron chi connectivity index (χ2n) is 5.47. The normalized spacial score (nSPS) is 21.5. The maximum Gasteiger partial charge on any atom is 0.253 e. The molecule has 0 spiro atoms. The van der Waals surface area contributed by atoms with Crippen molar-refractivity contribution in [2.24, 2.45) is 5.73 Å². The first-order valence-electron chi connectivity index (χ1n) is 7.33. The third kappa shape index (κ3) is 3.26. The molecule has 2 amide bonds. The molecule has 1 aromatic rings. The highest BCUT2D eigenvalue weighted by Gasteiger charge is 2.29. The molecular formula is C15H23N3O3. The van der Waals surface area contributed by atoms with Gasteiger partial charge in [0.05, 0.1) is 11.7 Å². The first-order chi connectivity index (χ1) is 9.93. The van der Waals surface area contributed by atoms with Gasteiger partial charge < -0.3 is 20.4 Å². The predicted molar refractivity (Wildman–Crippen MR) is 79.0 cm³/mol. The summed E-state index contributed by atoms with van der Waals surface area (Å²) in [7, 11) is 0. The SMILES string of the molecule is CCn1c(C)cc(C(=O)NCC2CCC(C(N)=O)O2)c1C. The van der Waals surface area contributed by atoms with Crippen LogP contribution in [0.3, 0.4) is 0 Å². The van der Waals surface area contributed by atoms with Crippen molar-refractivity contribution in [1.82, 2.24) is 9.88 Å². The van der Waals surface area contributed by atoms with Gasteiger partial charge in [-0.2, -0.15) is 0 Å². The lowest BCUT2D eigenvalue weighted by molar-refractivity contribution is -0.128. The number of ether oxygens (including phenoxy) is 1. The average Bonchev–Trinajstić information content (AvgIpc) is 3.01. The zero-order chi connectivity index (χ0) is 15.6. The molecule has 1 aliphatic rings. The minimum atomic E-state index is -0.517. The molecule has 0 aliphatic carbocycles. The monoisotopic (exact) mass is 293 g/mol. The lowest BCUT2D eigenvalue weighted by Crippen LogP contribution is -2.34.